The van der Waals surface area contributed by atoms with Crippen molar-refractivity contribution in [2.24, 2.45) is 5.73 Å². The number of rotatable bonds is 5. The molecule has 0 amide bonds. The third-order valence-electron chi connectivity index (χ3n) is 3.38. The van der Waals surface area contributed by atoms with E-state index in [0.717, 1.165) is 17.5 Å². The van der Waals surface area contributed by atoms with Crippen molar-refractivity contribution in [1.29, 1.82) is 0 Å². The minimum atomic E-state index is -0.398. The molecule has 2 atom stereocenters. The lowest BCUT2D eigenvalue weighted by molar-refractivity contribution is 0.163. The van der Waals surface area contributed by atoms with Gasteiger partial charge in [0.05, 0.1) is 0 Å². The Morgan fingerprint density at radius 3 is 2.62 bits per heavy atom. The zero-order valence-electron chi connectivity index (χ0n) is 12.1. The van der Waals surface area contributed by atoms with Crippen LogP contribution in [0.2, 0.25) is 0 Å². The van der Waals surface area contributed by atoms with E-state index in [1.165, 1.54) is 6.07 Å². The molecule has 0 aliphatic rings. The molecule has 2 nitrogen and oxygen atoms in total. The van der Waals surface area contributed by atoms with Crippen LogP contribution in [0.3, 0.4) is 0 Å². The Kier molecular flexibility index (Phi) is 5.37. The first-order valence-corrected chi connectivity index (χ1v) is 7.74. The van der Waals surface area contributed by atoms with Gasteiger partial charge < -0.3 is 10.5 Å². The molecule has 21 heavy (non-hydrogen) atoms. The average Bonchev–Trinajstić information content (AvgIpc) is 2.45. The van der Waals surface area contributed by atoms with Gasteiger partial charge in [0.1, 0.15) is 6.10 Å². The van der Waals surface area contributed by atoms with Crippen molar-refractivity contribution < 1.29 is 9.13 Å². The molecule has 112 valence electrons. The summed E-state index contributed by atoms with van der Waals surface area (Å²) in [5, 5.41) is 0. The van der Waals surface area contributed by atoms with Gasteiger partial charge >= 0.3 is 0 Å². The van der Waals surface area contributed by atoms with Gasteiger partial charge in [-0.1, -0.05) is 52.7 Å². The van der Waals surface area contributed by atoms with Crippen LogP contribution >= 0.6 is 15.9 Å². The van der Waals surface area contributed by atoms with Gasteiger partial charge in [-0.05, 0) is 37.1 Å². The molecule has 0 saturated heterocycles. The summed E-state index contributed by atoms with van der Waals surface area (Å²) < 4.78 is 20.5. The van der Waals surface area contributed by atoms with Gasteiger partial charge in [0.25, 0.3) is 0 Å². The van der Waals surface area contributed by atoms with E-state index in [2.05, 4.69) is 15.9 Å². The van der Waals surface area contributed by atoms with Crippen LogP contribution in [0.25, 0.3) is 0 Å². The predicted molar refractivity (Wildman–Crippen MR) is 86.9 cm³/mol. The fourth-order valence-corrected chi connectivity index (χ4v) is 2.50. The smallest absolute Gasteiger partial charge is 0.166 e. The molecule has 2 rings (SSSR count). The van der Waals surface area contributed by atoms with Gasteiger partial charge in [-0.3, -0.25) is 0 Å². The Morgan fingerprint density at radius 1 is 1.24 bits per heavy atom. The molecule has 2 unspecified atom stereocenters. The van der Waals surface area contributed by atoms with Crippen LogP contribution in [0, 0.1) is 12.7 Å². The second kappa shape index (κ2) is 7.05. The molecule has 0 bridgehead atoms. The highest BCUT2D eigenvalue weighted by molar-refractivity contribution is 9.10. The molecular formula is C17H19BrFNO. The van der Waals surface area contributed by atoms with Crippen molar-refractivity contribution in [3.8, 4) is 5.75 Å². The second-order valence-corrected chi connectivity index (χ2v) is 6.02. The van der Waals surface area contributed by atoms with Crippen LogP contribution in [-0.2, 0) is 0 Å². The number of benzene rings is 2. The van der Waals surface area contributed by atoms with E-state index in [1.54, 1.807) is 12.1 Å². The topological polar surface area (TPSA) is 35.2 Å². The Balaban J connectivity index is 2.33. The molecule has 0 radical (unpaired) electrons. The van der Waals surface area contributed by atoms with Crippen molar-refractivity contribution in [2.45, 2.75) is 32.4 Å². The number of aryl methyl sites for hydroxylation is 1. The number of nitrogens with two attached hydrogens (primary N) is 1. The molecule has 0 aliphatic heterocycles. The lowest BCUT2D eigenvalue weighted by Crippen LogP contribution is -2.31. The lowest BCUT2D eigenvalue weighted by Gasteiger charge is -2.25. The molecule has 0 aromatic heterocycles. The quantitative estimate of drug-likeness (QED) is 0.843. The van der Waals surface area contributed by atoms with Crippen LogP contribution in [0.15, 0.2) is 46.9 Å². The highest BCUT2D eigenvalue weighted by Gasteiger charge is 2.22. The fraction of sp³-hybridized carbons (Fsp3) is 0.294. The predicted octanol–water partition coefficient (Wildman–Crippen LogP) is 4.75. The van der Waals surface area contributed by atoms with Crippen LogP contribution in [0.4, 0.5) is 4.39 Å². The number of halogens is 2. The molecular weight excluding hydrogens is 333 g/mol. The zero-order chi connectivity index (χ0) is 15.4. The minimum Gasteiger partial charge on any atom is -0.481 e. The first kappa shape index (κ1) is 16.0. The third-order valence-corrected chi connectivity index (χ3v) is 3.87. The third kappa shape index (κ3) is 4.05. The van der Waals surface area contributed by atoms with E-state index in [-0.39, 0.29) is 17.9 Å². The molecule has 0 fully saturated rings. The molecule has 0 heterocycles. The van der Waals surface area contributed by atoms with E-state index >= 15 is 0 Å². The van der Waals surface area contributed by atoms with E-state index in [0.29, 0.717) is 4.47 Å². The first-order valence-electron chi connectivity index (χ1n) is 6.95. The number of hydrogen-bond acceptors (Lipinski definition) is 2. The van der Waals surface area contributed by atoms with E-state index < -0.39 is 5.82 Å². The van der Waals surface area contributed by atoms with Crippen molar-refractivity contribution in [1.82, 2.24) is 0 Å². The summed E-state index contributed by atoms with van der Waals surface area (Å²) in [6.07, 6.45) is 0.377. The number of hydrogen-bond donors (Lipinski definition) is 1. The Labute approximate surface area is 133 Å². The summed E-state index contributed by atoms with van der Waals surface area (Å²) in [6, 6.07) is 12.5. The SMILES string of the molecule is CCC(N)C(Oc1ccc(Br)cc1F)c1cccc(C)c1. The Hall–Kier alpha value is -1.39. The van der Waals surface area contributed by atoms with E-state index in [9.17, 15) is 4.39 Å². The summed E-state index contributed by atoms with van der Waals surface area (Å²) in [4.78, 5) is 0. The van der Waals surface area contributed by atoms with Crippen molar-refractivity contribution >= 4 is 15.9 Å². The molecule has 4 heteroatoms. The molecule has 2 aromatic carbocycles. The van der Waals surface area contributed by atoms with E-state index in [1.807, 2.05) is 38.1 Å². The normalized spacial score (nSPS) is 13.8. The molecule has 2 aromatic rings. The maximum atomic E-state index is 14.0. The Morgan fingerprint density at radius 2 is 2.00 bits per heavy atom. The van der Waals surface area contributed by atoms with Gasteiger partial charge in [0, 0.05) is 10.5 Å². The molecule has 0 spiro atoms. The first-order chi connectivity index (χ1) is 10.0. The van der Waals surface area contributed by atoms with Crippen LogP contribution in [-0.4, -0.2) is 6.04 Å². The minimum absolute atomic E-state index is 0.199. The molecule has 0 aliphatic carbocycles. The van der Waals surface area contributed by atoms with Gasteiger partial charge in [-0.2, -0.15) is 0 Å². The highest BCUT2D eigenvalue weighted by atomic mass is 79.9. The lowest BCUT2D eigenvalue weighted by atomic mass is 9.99. The summed E-state index contributed by atoms with van der Waals surface area (Å²) in [6.45, 7) is 4.01. The molecule has 0 saturated carbocycles. The zero-order valence-corrected chi connectivity index (χ0v) is 13.7. The van der Waals surface area contributed by atoms with Crippen molar-refractivity contribution in [3.63, 3.8) is 0 Å². The van der Waals surface area contributed by atoms with Gasteiger partial charge in [0.15, 0.2) is 11.6 Å². The van der Waals surface area contributed by atoms with Crippen LogP contribution in [0.1, 0.15) is 30.6 Å². The highest BCUT2D eigenvalue weighted by Crippen LogP contribution is 2.29. The maximum Gasteiger partial charge on any atom is 0.166 e. The maximum absolute atomic E-state index is 14.0. The largest absolute Gasteiger partial charge is 0.481 e. The standard InChI is InChI=1S/C17H19BrFNO/c1-3-15(20)17(12-6-4-5-11(2)9-12)21-16-8-7-13(18)10-14(16)19/h4-10,15,17H,3,20H2,1-2H3. The summed E-state index contributed by atoms with van der Waals surface area (Å²) in [7, 11) is 0. The summed E-state index contributed by atoms with van der Waals surface area (Å²) >= 11 is 3.24. The number of ether oxygens (including phenoxy) is 1. The van der Waals surface area contributed by atoms with Crippen LogP contribution in [0.5, 0.6) is 5.75 Å². The monoisotopic (exact) mass is 351 g/mol. The Bertz CT molecular complexity index is 617. The summed E-state index contributed by atoms with van der Waals surface area (Å²) in [5.41, 5.74) is 8.26. The van der Waals surface area contributed by atoms with Crippen LogP contribution < -0.4 is 10.5 Å². The fourth-order valence-electron chi connectivity index (χ4n) is 2.17. The van der Waals surface area contributed by atoms with Gasteiger partial charge in [0.2, 0.25) is 0 Å². The summed E-state index contributed by atoms with van der Waals surface area (Å²) in [5.74, 6) is -0.182. The van der Waals surface area contributed by atoms with Gasteiger partial charge in [-0.15, -0.1) is 0 Å². The molecule has 2 N–H and O–H groups in total. The average molecular weight is 352 g/mol. The van der Waals surface area contributed by atoms with Gasteiger partial charge in [-0.25, -0.2) is 4.39 Å². The van der Waals surface area contributed by atoms with E-state index in [4.69, 9.17) is 10.5 Å². The van der Waals surface area contributed by atoms with Crippen molar-refractivity contribution in [2.75, 3.05) is 0 Å². The van der Waals surface area contributed by atoms with Crippen molar-refractivity contribution in [3.05, 3.63) is 63.9 Å². The second-order valence-electron chi connectivity index (χ2n) is 5.10.